The van der Waals surface area contributed by atoms with E-state index in [4.69, 9.17) is 15.2 Å². The number of carbonyl (C=O) groups excluding carboxylic acids is 1. The number of aliphatic imine (C=N–C) groups is 1. The summed E-state index contributed by atoms with van der Waals surface area (Å²) < 4.78 is 12.2. The molecule has 1 saturated heterocycles. The second-order valence-electron chi connectivity index (χ2n) is 8.55. The third kappa shape index (κ3) is 2.92. The number of hydrogen-bond donors (Lipinski definition) is 1. The molecule has 1 amide bonds. The molecule has 0 bridgehead atoms. The van der Waals surface area contributed by atoms with E-state index in [2.05, 4.69) is 17.1 Å². The van der Waals surface area contributed by atoms with Crippen LogP contribution >= 0.6 is 0 Å². The van der Waals surface area contributed by atoms with Crippen molar-refractivity contribution in [2.75, 3.05) is 20.3 Å². The van der Waals surface area contributed by atoms with Crippen molar-refractivity contribution in [2.45, 2.75) is 30.4 Å². The lowest BCUT2D eigenvalue weighted by molar-refractivity contribution is -0.139. The Morgan fingerprint density at radius 3 is 2.47 bits per heavy atom. The summed E-state index contributed by atoms with van der Waals surface area (Å²) in [7, 11) is 1.62. The highest BCUT2D eigenvalue weighted by molar-refractivity contribution is 6.07. The fraction of sp³-hybridized carbons (Fsp3) is 0.333. The van der Waals surface area contributed by atoms with Crippen LogP contribution in [0.1, 0.15) is 36.0 Å². The first kappa shape index (κ1) is 20.0. The Morgan fingerprint density at radius 1 is 1.12 bits per heavy atom. The summed E-state index contributed by atoms with van der Waals surface area (Å²) in [5.74, 6) is 0.533. The first-order chi connectivity index (χ1) is 15.4. The van der Waals surface area contributed by atoms with Crippen molar-refractivity contribution in [3.8, 4) is 29.0 Å². The Balaban J connectivity index is 1.69. The quantitative estimate of drug-likeness (QED) is 0.745. The second kappa shape index (κ2) is 7.08. The Morgan fingerprint density at radius 2 is 1.88 bits per heavy atom. The fourth-order valence-electron chi connectivity index (χ4n) is 4.91. The van der Waals surface area contributed by atoms with Crippen LogP contribution in [0.2, 0.25) is 0 Å². The lowest BCUT2D eigenvalue weighted by Gasteiger charge is -2.46. The average Bonchev–Trinajstić information content (AvgIpc) is 3.02. The summed E-state index contributed by atoms with van der Waals surface area (Å²) >= 11 is 0. The van der Waals surface area contributed by atoms with Crippen molar-refractivity contribution in [2.24, 2.45) is 10.7 Å². The van der Waals surface area contributed by atoms with Crippen molar-refractivity contribution in [1.82, 2.24) is 4.90 Å². The summed E-state index contributed by atoms with van der Waals surface area (Å²) in [5.41, 5.74) is 7.11. The molecule has 3 aliphatic heterocycles. The Hall–Kier alpha value is -3.88. The number of ether oxygens (including phenoxy) is 2. The minimum absolute atomic E-state index is 0.165. The largest absolute Gasteiger partial charge is 0.484 e. The molecule has 3 heterocycles. The number of carbonyl (C=O) groups is 1. The third-order valence-corrected chi connectivity index (χ3v) is 6.45. The molecule has 2 N–H and O–H groups in total. The molecule has 160 valence electrons. The van der Waals surface area contributed by atoms with E-state index >= 15 is 0 Å². The van der Waals surface area contributed by atoms with Gasteiger partial charge in [0.05, 0.1) is 29.9 Å². The molecule has 0 aliphatic carbocycles. The molecule has 0 radical (unpaired) electrons. The van der Waals surface area contributed by atoms with E-state index in [1.54, 1.807) is 25.2 Å². The van der Waals surface area contributed by atoms with Gasteiger partial charge in [-0.15, -0.1) is 0 Å². The Labute approximate surface area is 185 Å². The van der Waals surface area contributed by atoms with Crippen molar-refractivity contribution in [3.05, 3.63) is 53.1 Å². The number of guanidine groups is 1. The van der Waals surface area contributed by atoms with Crippen LogP contribution in [-0.4, -0.2) is 42.6 Å². The molecular weight excluding hydrogens is 406 g/mol. The summed E-state index contributed by atoms with van der Waals surface area (Å²) in [6.07, 6.45) is 1.94. The van der Waals surface area contributed by atoms with Crippen LogP contribution < -0.4 is 10.5 Å². The first-order valence-corrected chi connectivity index (χ1v) is 10.4. The van der Waals surface area contributed by atoms with Gasteiger partial charge in [-0.25, -0.2) is 4.99 Å². The number of hydrogen-bond acceptors (Lipinski definition) is 7. The smallest absolute Gasteiger partial charge is 0.261 e. The number of nitrogens with zero attached hydrogens (tertiary/aromatic N) is 4. The first-order valence-electron chi connectivity index (χ1n) is 10.4. The van der Waals surface area contributed by atoms with Gasteiger partial charge >= 0.3 is 0 Å². The number of fused-ring (bicyclic) bond motifs is 2. The van der Waals surface area contributed by atoms with Crippen LogP contribution in [0.5, 0.6) is 5.75 Å². The molecule has 2 aromatic rings. The summed E-state index contributed by atoms with van der Waals surface area (Å²) in [6, 6.07) is 14.7. The van der Waals surface area contributed by atoms with Crippen molar-refractivity contribution in [1.29, 1.82) is 10.5 Å². The normalized spacial score (nSPS) is 26.3. The van der Waals surface area contributed by atoms with E-state index < -0.39 is 11.1 Å². The number of nitriles is 2. The molecule has 2 unspecified atom stereocenters. The van der Waals surface area contributed by atoms with Crippen LogP contribution in [0, 0.1) is 22.7 Å². The van der Waals surface area contributed by atoms with Crippen molar-refractivity contribution < 1.29 is 14.3 Å². The maximum atomic E-state index is 13.5. The summed E-state index contributed by atoms with van der Waals surface area (Å²) in [4.78, 5) is 19.5. The summed E-state index contributed by atoms with van der Waals surface area (Å²) in [5, 5.41) is 18.7. The zero-order valence-corrected chi connectivity index (χ0v) is 17.6. The zero-order valence-electron chi connectivity index (χ0n) is 17.6. The van der Waals surface area contributed by atoms with Crippen LogP contribution in [0.4, 0.5) is 0 Å². The van der Waals surface area contributed by atoms with Gasteiger partial charge in [-0.05, 0) is 54.3 Å². The van der Waals surface area contributed by atoms with Crippen LogP contribution in [0.15, 0.2) is 41.4 Å². The van der Waals surface area contributed by atoms with Gasteiger partial charge in [0.15, 0.2) is 11.5 Å². The molecule has 0 saturated carbocycles. The van der Waals surface area contributed by atoms with Crippen LogP contribution in [-0.2, 0) is 15.1 Å². The van der Waals surface area contributed by atoms with E-state index in [-0.39, 0.29) is 11.9 Å². The molecule has 2 aromatic carbocycles. The van der Waals surface area contributed by atoms with Crippen LogP contribution in [0.25, 0.3) is 11.1 Å². The van der Waals surface area contributed by atoms with Gasteiger partial charge in [-0.2, -0.15) is 10.5 Å². The predicted octanol–water partition coefficient (Wildman–Crippen LogP) is 2.41. The monoisotopic (exact) mass is 427 g/mol. The molecule has 8 nitrogen and oxygen atoms in total. The predicted molar refractivity (Wildman–Crippen MR) is 115 cm³/mol. The minimum Gasteiger partial charge on any atom is -0.484 e. The van der Waals surface area contributed by atoms with E-state index in [9.17, 15) is 15.3 Å². The van der Waals surface area contributed by atoms with Gasteiger partial charge in [0.25, 0.3) is 5.91 Å². The van der Waals surface area contributed by atoms with E-state index in [0.717, 1.165) is 18.4 Å². The SMILES string of the molecule is CN1C(=O)C2(CC3(CCCOC3)Oc3ccc(-c4cc(C#N)cc(C#N)c4)cc32)N=C1N. The number of benzene rings is 2. The van der Waals surface area contributed by atoms with Crippen molar-refractivity contribution in [3.63, 3.8) is 0 Å². The molecule has 3 aliphatic rings. The molecule has 32 heavy (non-hydrogen) atoms. The highest BCUT2D eigenvalue weighted by Crippen LogP contribution is 2.51. The third-order valence-electron chi connectivity index (χ3n) is 6.45. The number of nitrogens with two attached hydrogens (primary N) is 1. The standard InChI is InChI=1S/C24H21N5O3/c1-29-21(30)24(28-22(29)27)13-23(5-2-6-31-14-23)32-20-4-3-17(10-19(20)24)18-8-15(11-25)7-16(9-18)12-26/h3-4,7-10H,2,5-6,13-14H2,1H3,(H2,27,28). The van der Waals surface area contributed by atoms with E-state index in [1.807, 2.05) is 18.2 Å². The zero-order chi connectivity index (χ0) is 22.5. The Kier molecular flexibility index (Phi) is 4.44. The molecule has 2 atom stereocenters. The lowest BCUT2D eigenvalue weighted by Crippen LogP contribution is -2.55. The highest BCUT2D eigenvalue weighted by atomic mass is 16.5. The number of likely N-dealkylation sites (N-methyl/N-ethyl adjacent to an activating group) is 1. The van der Waals surface area contributed by atoms with E-state index in [0.29, 0.717) is 47.6 Å². The maximum Gasteiger partial charge on any atom is 0.261 e. The van der Waals surface area contributed by atoms with Gasteiger partial charge in [-0.3, -0.25) is 9.69 Å². The minimum atomic E-state index is -1.20. The molecule has 5 rings (SSSR count). The lowest BCUT2D eigenvalue weighted by atomic mass is 9.74. The molecule has 0 aromatic heterocycles. The van der Waals surface area contributed by atoms with Gasteiger partial charge < -0.3 is 15.2 Å². The summed E-state index contributed by atoms with van der Waals surface area (Å²) in [6.45, 7) is 1.05. The molecular formula is C24H21N5O3. The highest BCUT2D eigenvalue weighted by Gasteiger charge is 2.58. The number of rotatable bonds is 1. The molecule has 1 fully saturated rings. The topological polar surface area (TPSA) is 125 Å². The van der Waals surface area contributed by atoms with Gasteiger partial charge in [0.1, 0.15) is 11.4 Å². The number of amides is 1. The van der Waals surface area contributed by atoms with Crippen molar-refractivity contribution >= 4 is 11.9 Å². The average molecular weight is 427 g/mol. The van der Waals surface area contributed by atoms with Gasteiger partial charge in [0, 0.05) is 25.6 Å². The maximum absolute atomic E-state index is 13.5. The second-order valence-corrected chi connectivity index (χ2v) is 8.55. The Bertz CT molecular complexity index is 1220. The van der Waals surface area contributed by atoms with Crippen LogP contribution in [0.3, 0.4) is 0 Å². The molecule has 8 heteroatoms. The molecule has 2 spiro atoms. The fourth-order valence-corrected chi connectivity index (χ4v) is 4.91. The van der Waals surface area contributed by atoms with E-state index in [1.165, 1.54) is 4.90 Å². The van der Waals surface area contributed by atoms with Gasteiger partial charge in [0.2, 0.25) is 0 Å². The van der Waals surface area contributed by atoms with Gasteiger partial charge in [-0.1, -0.05) is 6.07 Å².